The highest BCUT2D eigenvalue weighted by molar-refractivity contribution is 7.99. The average Bonchev–Trinajstić information content (AvgIpc) is 2.49. The number of thioether (sulfide) groups is 1. The summed E-state index contributed by atoms with van der Waals surface area (Å²) in [5.41, 5.74) is 1.12. The Kier molecular flexibility index (Phi) is 5.73. The Hall–Kier alpha value is -1.20. The summed E-state index contributed by atoms with van der Waals surface area (Å²) in [4.78, 5) is 16.2. The molecule has 2 rings (SSSR count). The largest absolute Gasteiger partial charge is 0.497 e. The van der Waals surface area contributed by atoms with Crippen molar-refractivity contribution in [2.45, 2.75) is 6.54 Å². The van der Waals surface area contributed by atoms with Crippen molar-refractivity contribution in [2.24, 2.45) is 0 Å². The van der Waals surface area contributed by atoms with E-state index in [1.807, 2.05) is 43.1 Å². The summed E-state index contributed by atoms with van der Waals surface area (Å²) in [5.74, 6) is 3.30. The fourth-order valence-electron chi connectivity index (χ4n) is 2.16. The molecule has 0 aliphatic carbocycles. The Morgan fingerprint density at radius 3 is 2.55 bits per heavy atom. The second-order valence-electron chi connectivity index (χ2n) is 4.99. The molecule has 1 heterocycles. The molecule has 1 aromatic carbocycles. The average molecular weight is 294 g/mol. The first-order valence-corrected chi connectivity index (χ1v) is 8.01. The Morgan fingerprint density at radius 2 is 1.95 bits per heavy atom. The van der Waals surface area contributed by atoms with Crippen molar-refractivity contribution in [1.82, 2.24) is 9.80 Å². The van der Waals surface area contributed by atoms with Gasteiger partial charge in [-0.3, -0.25) is 9.69 Å². The third-order valence-corrected chi connectivity index (χ3v) is 4.41. The van der Waals surface area contributed by atoms with E-state index < -0.39 is 0 Å². The normalized spacial score (nSPS) is 15.9. The van der Waals surface area contributed by atoms with Crippen molar-refractivity contribution in [3.63, 3.8) is 0 Å². The first-order valence-electron chi connectivity index (χ1n) is 6.86. The molecule has 0 radical (unpaired) electrons. The highest BCUT2D eigenvalue weighted by Crippen LogP contribution is 2.13. The summed E-state index contributed by atoms with van der Waals surface area (Å²) in [6.07, 6.45) is 0. The molecule has 0 unspecified atom stereocenters. The van der Waals surface area contributed by atoms with E-state index in [1.54, 1.807) is 12.0 Å². The number of carbonyl (C=O) groups is 1. The summed E-state index contributed by atoms with van der Waals surface area (Å²) in [5, 5.41) is 0. The van der Waals surface area contributed by atoms with Crippen molar-refractivity contribution >= 4 is 17.7 Å². The van der Waals surface area contributed by atoms with Crippen LogP contribution in [0.1, 0.15) is 5.56 Å². The van der Waals surface area contributed by atoms with Gasteiger partial charge in [-0.05, 0) is 17.7 Å². The number of hydrogen-bond donors (Lipinski definition) is 0. The van der Waals surface area contributed by atoms with E-state index in [2.05, 4.69) is 4.90 Å². The molecule has 0 atom stereocenters. The van der Waals surface area contributed by atoms with Crippen LogP contribution in [0, 0.1) is 0 Å². The zero-order valence-corrected chi connectivity index (χ0v) is 13.0. The van der Waals surface area contributed by atoms with E-state index in [0.29, 0.717) is 13.1 Å². The van der Waals surface area contributed by atoms with E-state index in [4.69, 9.17) is 4.74 Å². The summed E-state index contributed by atoms with van der Waals surface area (Å²) < 4.78 is 5.13. The zero-order chi connectivity index (χ0) is 14.4. The second-order valence-corrected chi connectivity index (χ2v) is 6.21. The number of ether oxygens (including phenoxy) is 1. The lowest BCUT2D eigenvalue weighted by Crippen LogP contribution is -2.41. The molecule has 0 bridgehead atoms. The Labute approximate surface area is 125 Å². The molecule has 0 N–H and O–H groups in total. The summed E-state index contributed by atoms with van der Waals surface area (Å²) in [6.45, 7) is 3.22. The van der Waals surface area contributed by atoms with Crippen molar-refractivity contribution in [2.75, 3.05) is 45.3 Å². The van der Waals surface area contributed by atoms with E-state index in [-0.39, 0.29) is 5.91 Å². The van der Waals surface area contributed by atoms with Gasteiger partial charge >= 0.3 is 0 Å². The van der Waals surface area contributed by atoms with Crippen LogP contribution in [0.15, 0.2) is 24.3 Å². The molecule has 1 saturated heterocycles. The molecule has 4 nitrogen and oxygen atoms in total. The minimum absolute atomic E-state index is 0.188. The lowest BCUT2D eigenvalue weighted by Gasteiger charge is -2.27. The van der Waals surface area contributed by atoms with Gasteiger partial charge < -0.3 is 9.64 Å². The van der Waals surface area contributed by atoms with Crippen molar-refractivity contribution in [1.29, 1.82) is 0 Å². The maximum Gasteiger partial charge on any atom is 0.236 e. The smallest absolute Gasteiger partial charge is 0.236 e. The van der Waals surface area contributed by atoms with Crippen molar-refractivity contribution in [3.05, 3.63) is 29.8 Å². The minimum Gasteiger partial charge on any atom is -0.497 e. The first-order chi connectivity index (χ1) is 9.69. The molecule has 20 heavy (non-hydrogen) atoms. The summed E-state index contributed by atoms with van der Waals surface area (Å²) in [6, 6.07) is 7.85. The topological polar surface area (TPSA) is 32.8 Å². The van der Waals surface area contributed by atoms with Gasteiger partial charge in [0.2, 0.25) is 5.91 Å². The number of rotatable bonds is 5. The van der Waals surface area contributed by atoms with Crippen LogP contribution in [-0.4, -0.2) is 61.0 Å². The van der Waals surface area contributed by atoms with Gasteiger partial charge in [0.25, 0.3) is 0 Å². The van der Waals surface area contributed by atoms with Crippen molar-refractivity contribution in [3.8, 4) is 5.75 Å². The number of likely N-dealkylation sites (N-methyl/N-ethyl adjacent to an activating group) is 1. The van der Waals surface area contributed by atoms with Crippen LogP contribution in [0.4, 0.5) is 0 Å². The standard InChI is InChI=1S/C15H22N2O2S/c1-16(11-13-3-5-14(19-2)6-4-13)15(18)12-17-7-9-20-10-8-17/h3-6H,7-12H2,1-2H3. The summed E-state index contributed by atoms with van der Waals surface area (Å²) in [7, 11) is 3.52. The Balaban J connectivity index is 1.83. The van der Waals surface area contributed by atoms with Gasteiger partial charge in [-0.25, -0.2) is 0 Å². The number of benzene rings is 1. The molecule has 110 valence electrons. The van der Waals surface area contributed by atoms with Gasteiger partial charge in [-0.1, -0.05) is 12.1 Å². The molecule has 1 aliphatic heterocycles. The van der Waals surface area contributed by atoms with Gasteiger partial charge in [0.05, 0.1) is 13.7 Å². The van der Waals surface area contributed by atoms with Crippen LogP contribution in [0.5, 0.6) is 5.75 Å². The predicted octanol–water partition coefficient (Wildman–Crippen LogP) is 1.70. The van der Waals surface area contributed by atoms with Crippen molar-refractivity contribution < 1.29 is 9.53 Å². The molecule has 0 spiro atoms. The first kappa shape index (κ1) is 15.2. The third kappa shape index (κ3) is 4.42. The van der Waals surface area contributed by atoms with E-state index in [1.165, 1.54) is 0 Å². The zero-order valence-electron chi connectivity index (χ0n) is 12.2. The SMILES string of the molecule is COc1ccc(CN(C)C(=O)CN2CCSCC2)cc1. The number of hydrogen-bond acceptors (Lipinski definition) is 4. The highest BCUT2D eigenvalue weighted by Gasteiger charge is 2.16. The summed E-state index contributed by atoms with van der Waals surface area (Å²) >= 11 is 1.96. The third-order valence-electron chi connectivity index (χ3n) is 3.47. The van der Waals surface area contributed by atoms with E-state index in [9.17, 15) is 4.79 Å². The number of amides is 1. The Bertz CT molecular complexity index is 430. The maximum atomic E-state index is 12.2. The van der Waals surface area contributed by atoms with Gasteiger partial charge in [0, 0.05) is 38.2 Å². The number of methoxy groups -OCH3 is 1. The molecule has 0 saturated carbocycles. The van der Waals surface area contributed by atoms with Gasteiger partial charge in [-0.15, -0.1) is 0 Å². The van der Waals surface area contributed by atoms with Crippen LogP contribution < -0.4 is 4.74 Å². The van der Waals surface area contributed by atoms with Crippen LogP contribution in [0.25, 0.3) is 0 Å². The lowest BCUT2D eigenvalue weighted by molar-refractivity contribution is -0.131. The highest BCUT2D eigenvalue weighted by atomic mass is 32.2. The Morgan fingerprint density at radius 1 is 1.30 bits per heavy atom. The molecule has 1 fully saturated rings. The van der Waals surface area contributed by atoms with Gasteiger partial charge in [-0.2, -0.15) is 11.8 Å². The minimum atomic E-state index is 0.188. The second kappa shape index (κ2) is 7.55. The molecule has 1 aromatic rings. The van der Waals surface area contributed by atoms with E-state index in [0.717, 1.165) is 35.9 Å². The van der Waals surface area contributed by atoms with Crippen LogP contribution >= 0.6 is 11.8 Å². The molecule has 1 amide bonds. The van der Waals surface area contributed by atoms with Crippen LogP contribution in [0.3, 0.4) is 0 Å². The fourth-order valence-corrected chi connectivity index (χ4v) is 3.14. The lowest BCUT2D eigenvalue weighted by atomic mass is 10.2. The molecular weight excluding hydrogens is 272 g/mol. The van der Waals surface area contributed by atoms with Crippen LogP contribution in [0.2, 0.25) is 0 Å². The molecule has 0 aromatic heterocycles. The quantitative estimate of drug-likeness (QED) is 0.827. The van der Waals surface area contributed by atoms with Gasteiger partial charge in [0.15, 0.2) is 0 Å². The number of nitrogens with zero attached hydrogens (tertiary/aromatic N) is 2. The van der Waals surface area contributed by atoms with Crippen LogP contribution in [-0.2, 0) is 11.3 Å². The van der Waals surface area contributed by atoms with Gasteiger partial charge in [0.1, 0.15) is 5.75 Å². The fraction of sp³-hybridized carbons (Fsp3) is 0.533. The molecular formula is C15H22N2O2S. The predicted molar refractivity (Wildman–Crippen MR) is 83.2 cm³/mol. The molecule has 1 aliphatic rings. The monoisotopic (exact) mass is 294 g/mol. The van der Waals surface area contributed by atoms with E-state index >= 15 is 0 Å². The maximum absolute atomic E-state index is 12.2. The number of carbonyl (C=O) groups excluding carboxylic acids is 1. The molecule has 5 heteroatoms.